The first-order chi connectivity index (χ1) is 15.1. The van der Waals surface area contributed by atoms with Gasteiger partial charge in [-0.2, -0.15) is 5.26 Å². The molecule has 1 aromatic heterocycles. The Morgan fingerprint density at radius 1 is 1.06 bits per heavy atom. The molecule has 1 saturated heterocycles. The van der Waals surface area contributed by atoms with Gasteiger partial charge in [-0.3, -0.25) is 14.6 Å². The largest absolute Gasteiger partial charge is 0.301 e. The third kappa shape index (κ3) is 5.73. The Kier molecular flexibility index (Phi) is 6.67. The summed E-state index contributed by atoms with van der Waals surface area (Å²) in [6.07, 6.45) is 0. The molecule has 158 valence electrons. The van der Waals surface area contributed by atoms with Crippen LogP contribution in [0.4, 0.5) is 9.52 Å². The molecule has 0 unspecified atom stereocenters. The molecule has 1 aliphatic rings. The molecule has 1 fully saturated rings. The Morgan fingerprint density at radius 2 is 1.74 bits per heavy atom. The normalized spacial score (nSPS) is 14.8. The molecule has 1 N–H and O–H groups in total. The third-order valence-corrected chi connectivity index (χ3v) is 5.97. The summed E-state index contributed by atoms with van der Waals surface area (Å²) in [5.74, 6) is -0.370. The van der Waals surface area contributed by atoms with Crippen molar-refractivity contribution in [2.24, 2.45) is 0 Å². The molecule has 31 heavy (non-hydrogen) atoms. The lowest BCUT2D eigenvalue weighted by Crippen LogP contribution is -2.48. The number of nitrogens with one attached hydrogen (secondary N) is 1. The standard InChI is InChI=1S/C23H22FN5OS/c24-20-7-5-19(6-8-20)21-16-31-23(26-21)27-22(30)15-29-11-9-28(10-12-29)14-18-3-1-17(13-25)2-4-18/h1-8,16H,9-12,14-15H2,(H,26,27,30). The van der Waals surface area contributed by atoms with Gasteiger partial charge >= 0.3 is 0 Å². The van der Waals surface area contributed by atoms with Crippen LogP contribution >= 0.6 is 11.3 Å². The lowest BCUT2D eigenvalue weighted by molar-refractivity contribution is -0.117. The number of carbonyl (C=O) groups is 1. The maximum absolute atomic E-state index is 13.1. The van der Waals surface area contributed by atoms with E-state index in [0.717, 1.165) is 44.0 Å². The Labute approximate surface area is 184 Å². The number of amides is 1. The number of anilines is 1. The minimum absolute atomic E-state index is 0.0828. The van der Waals surface area contributed by atoms with Crippen LogP contribution in [-0.4, -0.2) is 53.4 Å². The van der Waals surface area contributed by atoms with Crippen molar-refractivity contribution >= 4 is 22.4 Å². The Hall–Kier alpha value is -3.12. The molecule has 3 aromatic rings. The van der Waals surface area contributed by atoms with Crippen molar-refractivity contribution in [1.82, 2.24) is 14.8 Å². The SMILES string of the molecule is N#Cc1ccc(CN2CCN(CC(=O)Nc3nc(-c4ccc(F)cc4)cs3)CC2)cc1. The van der Waals surface area contributed by atoms with Gasteiger partial charge in [0.1, 0.15) is 5.82 Å². The minimum atomic E-state index is -0.287. The van der Waals surface area contributed by atoms with Crippen molar-refractivity contribution in [3.63, 3.8) is 0 Å². The van der Waals surface area contributed by atoms with Gasteiger partial charge in [-0.05, 0) is 42.0 Å². The summed E-state index contributed by atoms with van der Waals surface area (Å²) in [5, 5.41) is 14.2. The maximum atomic E-state index is 13.1. The number of halogens is 1. The second kappa shape index (κ2) is 9.79. The van der Waals surface area contributed by atoms with Crippen molar-refractivity contribution < 1.29 is 9.18 Å². The van der Waals surface area contributed by atoms with Gasteiger partial charge in [-0.1, -0.05) is 12.1 Å². The number of carbonyl (C=O) groups excluding carboxylic acids is 1. The van der Waals surface area contributed by atoms with Gasteiger partial charge < -0.3 is 5.32 Å². The van der Waals surface area contributed by atoms with E-state index in [2.05, 4.69) is 26.2 Å². The summed E-state index contributed by atoms with van der Waals surface area (Å²) in [5.41, 5.74) is 3.39. The smallest absolute Gasteiger partial charge is 0.240 e. The highest BCUT2D eigenvalue weighted by Gasteiger charge is 2.19. The van der Waals surface area contributed by atoms with Crippen LogP contribution in [-0.2, 0) is 11.3 Å². The summed E-state index contributed by atoms with van der Waals surface area (Å²) in [7, 11) is 0. The Morgan fingerprint density at radius 3 is 2.42 bits per heavy atom. The lowest BCUT2D eigenvalue weighted by Gasteiger charge is -2.34. The topological polar surface area (TPSA) is 72.3 Å². The second-order valence-electron chi connectivity index (χ2n) is 7.45. The fourth-order valence-electron chi connectivity index (χ4n) is 3.49. The molecule has 0 atom stereocenters. The van der Waals surface area contributed by atoms with Crippen molar-refractivity contribution in [2.45, 2.75) is 6.54 Å². The monoisotopic (exact) mass is 435 g/mol. The van der Waals surface area contributed by atoms with E-state index in [1.54, 1.807) is 12.1 Å². The minimum Gasteiger partial charge on any atom is -0.301 e. The summed E-state index contributed by atoms with van der Waals surface area (Å²) in [6, 6.07) is 15.9. The summed E-state index contributed by atoms with van der Waals surface area (Å²) in [6.45, 7) is 4.59. The van der Waals surface area contributed by atoms with Gasteiger partial charge in [0, 0.05) is 43.7 Å². The zero-order valence-electron chi connectivity index (χ0n) is 16.9. The molecule has 1 amide bonds. The molecule has 0 bridgehead atoms. The first-order valence-electron chi connectivity index (χ1n) is 10.0. The number of nitrogens with zero attached hydrogens (tertiary/aromatic N) is 4. The quantitative estimate of drug-likeness (QED) is 0.641. The maximum Gasteiger partial charge on any atom is 0.240 e. The van der Waals surface area contributed by atoms with E-state index >= 15 is 0 Å². The van der Waals surface area contributed by atoms with Crippen LogP contribution in [0.1, 0.15) is 11.1 Å². The second-order valence-corrected chi connectivity index (χ2v) is 8.31. The molecule has 0 radical (unpaired) electrons. The van der Waals surface area contributed by atoms with Gasteiger partial charge in [0.15, 0.2) is 5.13 Å². The molecular weight excluding hydrogens is 413 g/mol. The van der Waals surface area contributed by atoms with E-state index in [1.165, 1.54) is 29.0 Å². The van der Waals surface area contributed by atoms with E-state index in [4.69, 9.17) is 5.26 Å². The van der Waals surface area contributed by atoms with E-state index in [0.29, 0.717) is 17.2 Å². The summed E-state index contributed by atoms with van der Waals surface area (Å²) < 4.78 is 13.1. The lowest BCUT2D eigenvalue weighted by atomic mass is 10.1. The number of hydrogen-bond acceptors (Lipinski definition) is 6. The van der Waals surface area contributed by atoms with E-state index in [-0.39, 0.29) is 11.7 Å². The Balaban J connectivity index is 1.23. The van der Waals surface area contributed by atoms with Crippen molar-refractivity contribution in [2.75, 3.05) is 38.0 Å². The number of nitriles is 1. The third-order valence-electron chi connectivity index (χ3n) is 5.21. The van der Waals surface area contributed by atoms with Crippen LogP contribution in [0.3, 0.4) is 0 Å². The first kappa shape index (κ1) is 21.1. The van der Waals surface area contributed by atoms with E-state index in [9.17, 15) is 9.18 Å². The fourth-order valence-corrected chi connectivity index (χ4v) is 4.23. The van der Waals surface area contributed by atoms with Gasteiger partial charge in [-0.15, -0.1) is 11.3 Å². The molecule has 4 rings (SSSR count). The highest BCUT2D eigenvalue weighted by Crippen LogP contribution is 2.25. The molecule has 6 nitrogen and oxygen atoms in total. The van der Waals surface area contributed by atoms with E-state index < -0.39 is 0 Å². The summed E-state index contributed by atoms with van der Waals surface area (Å²) >= 11 is 1.36. The predicted molar refractivity (Wildman–Crippen MR) is 119 cm³/mol. The number of benzene rings is 2. The van der Waals surface area contributed by atoms with Crippen LogP contribution in [0.5, 0.6) is 0 Å². The average molecular weight is 436 g/mol. The van der Waals surface area contributed by atoms with Crippen molar-refractivity contribution in [3.05, 3.63) is 70.9 Å². The highest BCUT2D eigenvalue weighted by molar-refractivity contribution is 7.14. The average Bonchev–Trinajstić information content (AvgIpc) is 3.24. The summed E-state index contributed by atoms with van der Waals surface area (Å²) in [4.78, 5) is 21.4. The van der Waals surface area contributed by atoms with Gasteiger partial charge in [-0.25, -0.2) is 9.37 Å². The molecular formula is C23H22FN5OS. The molecule has 0 saturated carbocycles. The first-order valence-corrected chi connectivity index (χ1v) is 10.9. The zero-order chi connectivity index (χ0) is 21.6. The molecule has 0 spiro atoms. The number of hydrogen-bond donors (Lipinski definition) is 1. The molecule has 2 aromatic carbocycles. The molecule has 1 aliphatic heterocycles. The van der Waals surface area contributed by atoms with Gasteiger partial charge in [0.05, 0.1) is 23.9 Å². The number of aromatic nitrogens is 1. The van der Waals surface area contributed by atoms with Crippen LogP contribution in [0.2, 0.25) is 0 Å². The predicted octanol–water partition coefficient (Wildman–Crippen LogP) is 3.58. The van der Waals surface area contributed by atoms with Crippen LogP contribution in [0, 0.1) is 17.1 Å². The van der Waals surface area contributed by atoms with E-state index in [1.807, 2.05) is 29.6 Å². The van der Waals surface area contributed by atoms with Crippen molar-refractivity contribution in [1.29, 1.82) is 5.26 Å². The number of thiazole rings is 1. The van der Waals surface area contributed by atoms with Gasteiger partial charge in [0.2, 0.25) is 5.91 Å². The Bertz CT molecular complexity index is 1070. The van der Waals surface area contributed by atoms with Gasteiger partial charge in [0.25, 0.3) is 0 Å². The van der Waals surface area contributed by atoms with Crippen LogP contribution < -0.4 is 5.32 Å². The zero-order valence-corrected chi connectivity index (χ0v) is 17.7. The fraction of sp³-hybridized carbons (Fsp3) is 0.261. The molecule has 8 heteroatoms. The van der Waals surface area contributed by atoms with Crippen LogP contribution in [0.25, 0.3) is 11.3 Å². The van der Waals surface area contributed by atoms with Crippen molar-refractivity contribution in [3.8, 4) is 17.3 Å². The van der Waals surface area contributed by atoms with Crippen LogP contribution in [0.15, 0.2) is 53.9 Å². The molecule has 0 aliphatic carbocycles. The highest BCUT2D eigenvalue weighted by atomic mass is 32.1. The number of piperazine rings is 1. The number of rotatable bonds is 6. The molecule has 2 heterocycles.